The zero-order valence-corrected chi connectivity index (χ0v) is 19.1. The molecular formula is C25H31N5O3. The maximum atomic E-state index is 13.2. The minimum absolute atomic E-state index is 0.0631. The van der Waals surface area contributed by atoms with Gasteiger partial charge in [0.25, 0.3) is 5.91 Å². The highest BCUT2D eigenvalue weighted by Crippen LogP contribution is 2.38. The standard InChI is InChI=1S/C25H31N5O3/c1-17-7-3-4-11-25(17)23(32)30(24(33)28-25)16-22(31)27-20-8-9-21(29-13-5-2-6-14-29)18-10-12-26-15-19(18)20/h8-10,12,15,17H,2-7,11,13-14,16H2,1H3,(H,27,31)(H,28,33). The largest absolute Gasteiger partial charge is 0.371 e. The number of piperidine rings is 1. The molecule has 33 heavy (non-hydrogen) atoms. The van der Waals surface area contributed by atoms with Crippen LogP contribution in [-0.2, 0) is 9.59 Å². The van der Waals surface area contributed by atoms with Gasteiger partial charge in [0.15, 0.2) is 0 Å². The van der Waals surface area contributed by atoms with Crippen molar-refractivity contribution in [1.29, 1.82) is 0 Å². The lowest BCUT2D eigenvalue weighted by atomic mass is 9.73. The number of pyridine rings is 1. The van der Waals surface area contributed by atoms with E-state index in [0.29, 0.717) is 12.1 Å². The Kier molecular flexibility index (Phi) is 5.68. The molecule has 3 heterocycles. The van der Waals surface area contributed by atoms with E-state index in [9.17, 15) is 14.4 Å². The third-order valence-electron chi connectivity index (χ3n) is 7.57. The van der Waals surface area contributed by atoms with Crippen LogP contribution in [0, 0.1) is 5.92 Å². The van der Waals surface area contributed by atoms with Crippen LogP contribution in [0.3, 0.4) is 0 Å². The van der Waals surface area contributed by atoms with Gasteiger partial charge >= 0.3 is 6.03 Å². The van der Waals surface area contributed by atoms with Crippen molar-refractivity contribution < 1.29 is 14.4 Å². The minimum atomic E-state index is -0.859. The molecule has 1 spiro atoms. The van der Waals surface area contributed by atoms with Gasteiger partial charge < -0.3 is 15.5 Å². The normalized spacial score (nSPS) is 25.5. The summed E-state index contributed by atoms with van der Waals surface area (Å²) < 4.78 is 0. The fraction of sp³-hybridized carbons (Fsp3) is 0.520. The molecule has 8 nitrogen and oxygen atoms in total. The summed E-state index contributed by atoms with van der Waals surface area (Å²) >= 11 is 0. The van der Waals surface area contributed by atoms with Gasteiger partial charge in [-0.3, -0.25) is 19.5 Å². The van der Waals surface area contributed by atoms with Gasteiger partial charge in [-0.05, 0) is 56.2 Å². The number of imide groups is 1. The molecule has 174 valence electrons. The number of carbonyl (C=O) groups is 3. The second kappa shape index (κ2) is 8.65. The van der Waals surface area contributed by atoms with E-state index < -0.39 is 17.5 Å². The molecule has 0 radical (unpaired) electrons. The molecular weight excluding hydrogens is 418 g/mol. The monoisotopic (exact) mass is 449 g/mol. The van der Waals surface area contributed by atoms with Crippen LogP contribution in [0.15, 0.2) is 30.6 Å². The van der Waals surface area contributed by atoms with Crippen LogP contribution < -0.4 is 15.5 Å². The molecule has 2 aromatic rings. The molecule has 3 fully saturated rings. The van der Waals surface area contributed by atoms with E-state index in [1.54, 1.807) is 12.4 Å². The molecule has 1 saturated carbocycles. The highest BCUT2D eigenvalue weighted by molar-refractivity contribution is 6.12. The zero-order chi connectivity index (χ0) is 23.0. The molecule has 2 aliphatic heterocycles. The molecule has 4 amide bonds. The summed E-state index contributed by atoms with van der Waals surface area (Å²) in [6.07, 6.45) is 10.6. The fourth-order valence-corrected chi connectivity index (χ4v) is 5.67. The first-order chi connectivity index (χ1) is 16.0. The lowest BCUT2D eigenvalue weighted by Crippen LogP contribution is -2.54. The Morgan fingerprint density at radius 1 is 1.12 bits per heavy atom. The molecule has 3 aliphatic rings. The molecule has 1 aliphatic carbocycles. The van der Waals surface area contributed by atoms with Gasteiger partial charge in [-0.15, -0.1) is 0 Å². The average molecular weight is 450 g/mol. The average Bonchev–Trinajstić information content (AvgIpc) is 3.06. The summed E-state index contributed by atoms with van der Waals surface area (Å²) in [4.78, 5) is 46.4. The third-order valence-corrected chi connectivity index (χ3v) is 7.57. The maximum absolute atomic E-state index is 13.2. The van der Waals surface area contributed by atoms with Crippen molar-refractivity contribution in [3.05, 3.63) is 30.6 Å². The zero-order valence-electron chi connectivity index (χ0n) is 19.1. The fourth-order valence-electron chi connectivity index (χ4n) is 5.67. The van der Waals surface area contributed by atoms with Crippen LogP contribution in [0.2, 0.25) is 0 Å². The van der Waals surface area contributed by atoms with Gasteiger partial charge in [0.2, 0.25) is 5.91 Å². The maximum Gasteiger partial charge on any atom is 0.325 e. The number of benzene rings is 1. The highest BCUT2D eigenvalue weighted by Gasteiger charge is 2.55. The van der Waals surface area contributed by atoms with Gasteiger partial charge in [-0.1, -0.05) is 19.8 Å². The summed E-state index contributed by atoms with van der Waals surface area (Å²) in [5.74, 6) is -0.607. The Hall–Kier alpha value is -3.16. The Labute approximate surface area is 193 Å². The number of nitrogens with one attached hydrogen (secondary N) is 2. The van der Waals surface area contributed by atoms with Crippen LogP contribution in [0.1, 0.15) is 51.9 Å². The van der Waals surface area contributed by atoms with Crippen LogP contribution in [0.4, 0.5) is 16.2 Å². The number of urea groups is 1. The topological polar surface area (TPSA) is 94.6 Å². The Morgan fingerprint density at radius 3 is 2.73 bits per heavy atom. The van der Waals surface area contributed by atoms with Crippen molar-refractivity contribution in [2.24, 2.45) is 5.92 Å². The molecule has 5 rings (SSSR count). The number of hydrogen-bond acceptors (Lipinski definition) is 5. The van der Waals surface area contributed by atoms with E-state index in [1.807, 2.05) is 25.1 Å². The highest BCUT2D eigenvalue weighted by atomic mass is 16.2. The van der Waals surface area contributed by atoms with E-state index in [1.165, 1.54) is 19.3 Å². The molecule has 1 aromatic carbocycles. The van der Waals surface area contributed by atoms with Gasteiger partial charge in [0.1, 0.15) is 12.1 Å². The second-order valence-electron chi connectivity index (χ2n) is 9.59. The van der Waals surface area contributed by atoms with E-state index in [0.717, 1.165) is 53.7 Å². The lowest BCUT2D eigenvalue weighted by molar-refractivity contribution is -0.136. The summed E-state index contributed by atoms with van der Waals surface area (Å²) in [5, 5.41) is 7.70. The van der Waals surface area contributed by atoms with Crippen molar-refractivity contribution in [3.63, 3.8) is 0 Å². The number of fused-ring (bicyclic) bond motifs is 1. The Morgan fingerprint density at radius 2 is 1.94 bits per heavy atom. The van der Waals surface area contributed by atoms with Crippen LogP contribution in [0.5, 0.6) is 0 Å². The van der Waals surface area contributed by atoms with Crippen molar-refractivity contribution >= 4 is 40.0 Å². The molecule has 8 heteroatoms. The predicted molar refractivity (Wildman–Crippen MR) is 127 cm³/mol. The molecule has 0 bridgehead atoms. The first-order valence-corrected chi connectivity index (χ1v) is 12.1. The SMILES string of the molecule is CC1CCCCC12NC(=O)N(CC(=O)Nc1ccc(N3CCCCC3)c3ccncc13)C2=O. The molecule has 2 atom stereocenters. The van der Waals surface area contributed by atoms with Gasteiger partial charge in [0.05, 0.1) is 5.69 Å². The van der Waals surface area contributed by atoms with Crippen LogP contribution in [0.25, 0.3) is 10.8 Å². The third kappa shape index (κ3) is 3.81. The summed E-state index contributed by atoms with van der Waals surface area (Å²) in [6.45, 7) is 3.75. The number of rotatable bonds is 4. The smallest absolute Gasteiger partial charge is 0.325 e. The predicted octanol–water partition coefficient (Wildman–Crippen LogP) is 3.66. The number of anilines is 2. The number of nitrogens with zero attached hydrogens (tertiary/aromatic N) is 3. The summed E-state index contributed by atoms with van der Waals surface area (Å²) in [6, 6.07) is 5.43. The van der Waals surface area contributed by atoms with Crippen LogP contribution >= 0.6 is 0 Å². The van der Waals surface area contributed by atoms with Crippen molar-refractivity contribution in [2.45, 2.75) is 57.4 Å². The number of amides is 4. The Bertz CT molecular complexity index is 1100. The van der Waals surface area contributed by atoms with Gasteiger partial charge in [-0.2, -0.15) is 0 Å². The number of carbonyl (C=O) groups excluding carboxylic acids is 3. The summed E-state index contributed by atoms with van der Waals surface area (Å²) in [5.41, 5.74) is 0.923. The molecule has 2 unspecified atom stereocenters. The van der Waals surface area contributed by atoms with E-state index in [2.05, 4.69) is 20.5 Å². The first kappa shape index (κ1) is 21.7. The molecule has 2 N–H and O–H groups in total. The second-order valence-corrected chi connectivity index (χ2v) is 9.59. The molecule has 2 saturated heterocycles. The number of hydrogen-bond donors (Lipinski definition) is 2. The minimum Gasteiger partial charge on any atom is -0.371 e. The van der Waals surface area contributed by atoms with E-state index in [4.69, 9.17) is 0 Å². The summed E-state index contributed by atoms with van der Waals surface area (Å²) in [7, 11) is 0. The van der Waals surface area contributed by atoms with Crippen molar-refractivity contribution in [1.82, 2.24) is 15.2 Å². The molecule has 1 aromatic heterocycles. The quantitative estimate of drug-likeness (QED) is 0.695. The van der Waals surface area contributed by atoms with Crippen molar-refractivity contribution in [2.75, 3.05) is 29.9 Å². The van der Waals surface area contributed by atoms with Gasteiger partial charge in [0, 0.05) is 41.9 Å². The first-order valence-electron chi connectivity index (χ1n) is 12.1. The lowest BCUT2D eigenvalue weighted by Gasteiger charge is -2.36. The number of aromatic nitrogens is 1. The van der Waals surface area contributed by atoms with E-state index in [-0.39, 0.29) is 18.4 Å². The van der Waals surface area contributed by atoms with E-state index >= 15 is 0 Å². The van der Waals surface area contributed by atoms with Crippen molar-refractivity contribution in [3.8, 4) is 0 Å². The van der Waals surface area contributed by atoms with Crippen LogP contribution in [-0.4, -0.2) is 52.9 Å². The Balaban J connectivity index is 1.35. The van der Waals surface area contributed by atoms with Gasteiger partial charge in [-0.25, -0.2) is 4.79 Å².